The van der Waals surface area contributed by atoms with Gasteiger partial charge in [-0.1, -0.05) is 25.1 Å². The maximum absolute atomic E-state index is 6.13. The number of anilines is 2. The van der Waals surface area contributed by atoms with E-state index in [1.54, 1.807) is 7.11 Å². The van der Waals surface area contributed by atoms with Gasteiger partial charge >= 0.3 is 0 Å². The van der Waals surface area contributed by atoms with Crippen LogP contribution in [0.1, 0.15) is 12.5 Å². The average Bonchev–Trinajstić information content (AvgIpc) is 2.80. The number of methoxy groups -OCH3 is 1. The van der Waals surface area contributed by atoms with Gasteiger partial charge in [0.25, 0.3) is 0 Å². The third-order valence-corrected chi connectivity index (χ3v) is 5.21. The molecule has 2 aromatic rings. The number of ether oxygens (including phenoxy) is 2. The largest absolute Gasteiger partial charge is 0.497 e. The van der Waals surface area contributed by atoms with Crippen molar-refractivity contribution in [1.82, 2.24) is 4.90 Å². The van der Waals surface area contributed by atoms with E-state index in [0.29, 0.717) is 13.2 Å². The van der Waals surface area contributed by atoms with E-state index < -0.39 is 6.29 Å². The normalized spacial score (nSPS) is 18.6. The smallest absolute Gasteiger partial charge is 0.222 e. The van der Waals surface area contributed by atoms with Crippen molar-refractivity contribution in [3.63, 3.8) is 0 Å². The molecular weight excluding hydrogens is 416 g/mol. The molecule has 31 heavy (non-hydrogen) atoms. The minimum absolute atomic E-state index is 0. The summed E-state index contributed by atoms with van der Waals surface area (Å²) in [5, 5.41) is 3.50. The van der Waals surface area contributed by atoms with Gasteiger partial charge in [-0.15, -0.1) is 12.4 Å². The molecule has 1 saturated heterocycles. The molecule has 0 amide bonds. The SMILES string of the molecule is CCc1ccc(NC2N=C(N)N=C(N3CCOCC3)N2c2cccc(OC)c2)cc1.Cl. The molecule has 3 N–H and O–H groups in total. The summed E-state index contributed by atoms with van der Waals surface area (Å²) >= 11 is 0. The monoisotopic (exact) mass is 444 g/mol. The summed E-state index contributed by atoms with van der Waals surface area (Å²) in [5.41, 5.74) is 9.29. The summed E-state index contributed by atoms with van der Waals surface area (Å²) in [4.78, 5) is 13.4. The number of benzene rings is 2. The van der Waals surface area contributed by atoms with Gasteiger partial charge in [0.15, 0.2) is 0 Å². The van der Waals surface area contributed by atoms with Crippen molar-refractivity contribution in [2.24, 2.45) is 15.7 Å². The van der Waals surface area contributed by atoms with Crippen LogP contribution in [0, 0.1) is 0 Å². The molecule has 2 aromatic carbocycles. The van der Waals surface area contributed by atoms with Gasteiger partial charge in [-0.05, 0) is 36.2 Å². The molecule has 2 aliphatic rings. The zero-order valence-electron chi connectivity index (χ0n) is 17.8. The number of hydrogen-bond donors (Lipinski definition) is 2. The summed E-state index contributed by atoms with van der Waals surface area (Å²) in [6, 6.07) is 16.2. The van der Waals surface area contributed by atoms with Crippen molar-refractivity contribution >= 4 is 35.7 Å². The molecule has 8 nitrogen and oxygen atoms in total. The molecular formula is C22H29ClN6O2. The molecule has 0 saturated carbocycles. The van der Waals surface area contributed by atoms with Crippen LogP contribution < -0.4 is 20.7 Å². The van der Waals surface area contributed by atoms with Gasteiger partial charge < -0.3 is 25.4 Å². The molecule has 1 unspecified atom stereocenters. The van der Waals surface area contributed by atoms with Crippen LogP contribution in [0.25, 0.3) is 0 Å². The zero-order valence-corrected chi connectivity index (χ0v) is 18.6. The minimum Gasteiger partial charge on any atom is -0.497 e. The van der Waals surface area contributed by atoms with Gasteiger partial charge in [0, 0.05) is 24.8 Å². The van der Waals surface area contributed by atoms with Crippen molar-refractivity contribution in [2.45, 2.75) is 19.6 Å². The first-order valence-electron chi connectivity index (χ1n) is 10.2. The highest BCUT2D eigenvalue weighted by Gasteiger charge is 2.32. The van der Waals surface area contributed by atoms with Gasteiger partial charge in [-0.3, -0.25) is 4.90 Å². The summed E-state index contributed by atoms with van der Waals surface area (Å²) in [7, 11) is 1.66. The molecule has 1 atom stereocenters. The zero-order chi connectivity index (χ0) is 20.9. The van der Waals surface area contributed by atoms with Crippen LogP contribution in [-0.2, 0) is 11.2 Å². The summed E-state index contributed by atoms with van der Waals surface area (Å²) in [6.07, 6.45) is 0.554. The van der Waals surface area contributed by atoms with Crippen LogP contribution in [0.4, 0.5) is 11.4 Å². The first kappa shape index (κ1) is 22.7. The lowest BCUT2D eigenvalue weighted by Crippen LogP contribution is -2.57. The number of morpholine rings is 1. The van der Waals surface area contributed by atoms with Crippen LogP contribution in [0.3, 0.4) is 0 Å². The Labute approximate surface area is 189 Å². The molecule has 9 heteroatoms. The van der Waals surface area contributed by atoms with Crippen LogP contribution in [0.2, 0.25) is 0 Å². The molecule has 2 aliphatic heterocycles. The highest BCUT2D eigenvalue weighted by atomic mass is 35.5. The summed E-state index contributed by atoms with van der Waals surface area (Å²) in [5.74, 6) is 1.77. The van der Waals surface area contributed by atoms with Crippen LogP contribution >= 0.6 is 12.4 Å². The van der Waals surface area contributed by atoms with Gasteiger partial charge in [0.2, 0.25) is 18.2 Å². The second kappa shape index (κ2) is 10.4. The van der Waals surface area contributed by atoms with E-state index in [0.717, 1.165) is 42.6 Å². The van der Waals surface area contributed by atoms with Crippen LogP contribution in [-0.4, -0.2) is 56.5 Å². The predicted molar refractivity (Wildman–Crippen MR) is 127 cm³/mol. The van der Waals surface area contributed by atoms with E-state index in [1.165, 1.54) is 5.56 Å². The predicted octanol–water partition coefficient (Wildman–Crippen LogP) is 2.90. The quantitative estimate of drug-likeness (QED) is 0.737. The molecule has 0 aliphatic carbocycles. The molecule has 0 aromatic heterocycles. The summed E-state index contributed by atoms with van der Waals surface area (Å²) < 4.78 is 11.0. The number of guanidine groups is 2. The third-order valence-electron chi connectivity index (χ3n) is 5.21. The second-order valence-electron chi connectivity index (χ2n) is 7.14. The van der Waals surface area contributed by atoms with E-state index in [4.69, 9.17) is 15.2 Å². The van der Waals surface area contributed by atoms with Crippen LogP contribution in [0.15, 0.2) is 58.5 Å². The third kappa shape index (κ3) is 5.21. The lowest BCUT2D eigenvalue weighted by atomic mass is 10.1. The van der Waals surface area contributed by atoms with Crippen molar-refractivity contribution in [1.29, 1.82) is 0 Å². The molecule has 2 heterocycles. The van der Waals surface area contributed by atoms with Crippen molar-refractivity contribution in [2.75, 3.05) is 43.6 Å². The Balaban J connectivity index is 0.00000272. The van der Waals surface area contributed by atoms with E-state index in [1.807, 2.05) is 24.3 Å². The Kier molecular flexibility index (Phi) is 7.59. The molecule has 4 rings (SSSR count). The Hall–Kier alpha value is -2.97. The lowest BCUT2D eigenvalue weighted by Gasteiger charge is -2.41. The van der Waals surface area contributed by atoms with E-state index in [9.17, 15) is 0 Å². The van der Waals surface area contributed by atoms with E-state index in [2.05, 4.69) is 56.3 Å². The van der Waals surface area contributed by atoms with Gasteiger partial charge in [-0.25, -0.2) is 4.99 Å². The number of nitrogens with zero attached hydrogens (tertiary/aromatic N) is 4. The molecule has 166 valence electrons. The minimum atomic E-state index is -0.445. The maximum atomic E-state index is 6.13. The Morgan fingerprint density at radius 2 is 1.90 bits per heavy atom. The highest BCUT2D eigenvalue weighted by molar-refractivity contribution is 6.06. The molecule has 0 spiro atoms. The maximum Gasteiger partial charge on any atom is 0.222 e. The second-order valence-corrected chi connectivity index (χ2v) is 7.14. The van der Waals surface area contributed by atoms with E-state index in [-0.39, 0.29) is 18.4 Å². The number of aliphatic imine (C=N–C) groups is 2. The Bertz CT molecular complexity index is 928. The first-order valence-corrected chi connectivity index (χ1v) is 10.2. The molecule has 0 radical (unpaired) electrons. The first-order chi connectivity index (χ1) is 14.7. The number of nitrogens with two attached hydrogens (primary N) is 1. The Morgan fingerprint density at radius 1 is 1.16 bits per heavy atom. The van der Waals surface area contributed by atoms with Crippen LogP contribution in [0.5, 0.6) is 5.75 Å². The fourth-order valence-corrected chi connectivity index (χ4v) is 3.56. The summed E-state index contributed by atoms with van der Waals surface area (Å²) in [6.45, 7) is 4.93. The van der Waals surface area contributed by atoms with Crippen molar-refractivity contribution in [3.8, 4) is 5.75 Å². The number of halogens is 1. The van der Waals surface area contributed by atoms with E-state index >= 15 is 0 Å². The highest BCUT2D eigenvalue weighted by Crippen LogP contribution is 2.27. The Morgan fingerprint density at radius 3 is 2.58 bits per heavy atom. The number of hydrogen-bond acceptors (Lipinski definition) is 8. The number of aryl methyl sites for hydroxylation is 1. The fourth-order valence-electron chi connectivity index (χ4n) is 3.56. The molecule has 0 bridgehead atoms. The number of rotatable bonds is 5. The topological polar surface area (TPSA) is 87.7 Å². The van der Waals surface area contributed by atoms with Gasteiger partial charge in [0.1, 0.15) is 5.75 Å². The van der Waals surface area contributed by atoms with Gasteiger partial charge in [-0.2, -0.15) is 4.99 Å². The fraction of sp³-hybridized carbons (Fsp3) is 0.364. The van der Waals surface area contributed by atoms with Crippen molar-refractivity contribution in [3.05, 3.63) is 54.1 Å². The van der Waals surface area contributed by atoms with Gasteiger partial charge in [0.05, 0.1) is 26.0 Å². The number of nitrogens with one attached hydrogen (secondary N) is 1. The lowest BCUT2D eigenvalue weighted by molar-refractivity contribution is 0.0671. The average molecular weight is 445 g/mol. The standard InChI is InChI=1S/C22H28N6O2.ClH/c1-3-16-7-9-17(10-8-16)24-21-25-20(23)26-22(27-11-13-30-14-12-27)28(21)18-5-4-6-19(15-18)29-2;/h4-10,15,21,24H,3,11-14H2,1-2H3,(H2,23,25);1H. The molecule has 1 fully saturated rings. The van der Waals surface area contributed by atoms with Crippen molar-refractivity contribution < 1.29 is 9.47 Å².